The molecule has 3 rings (SSSR count). The Labute approximate surface area is 160 Å². The maximum absolute atomic E-state index is 12.2. The van der Waals surface area contributed by atoms with Gasteiger partial charge in [0.15, 0.2) is 10.9 Å². The molecule has 0 radical (unpaired) electrons. The molecule has 1 aromatic carbocycles. The van der Waals surface area contributed by atoms with Crippen molar-refractivity contribution < 1.29 is 18.7 Å². The van der Waals surface area contributed by atoms with Gasteiger partial charge in [-0.05, 0) is 32.9 Å². The van der Waals surface area contributed by atoms with Crippen molar-refractivity contribution in [3.05, 3.63) is 35.7 Å². The fourth-order valence-electron chi connectivity index (χ4n) is 2.33. The molecule has 0 saturated carbocycles. The largest absolute Gasteiger partial charge is 0.454 e. The zero-order valence-corrected chi connectivity index (χ0v) is 16.4. The van der Waals surface area contributed by atoms with Gasteiger partial charge in [-0.15, -0.1) is 11.3 Å². The van der Waals surface area contributed by atoms with Crippen molar-refractivity contribution in [2.75, 3.05) is 18.9 Å². The summed E-state index contributed by atoms with van der Waals surface area (Å²) >= 11 is 1.29. The fourth-order valence-corrected chi connectivity index (χ4v) is 3.05. The SMILES string of the molecule is CN(CC(=O)Nc1nc(-c2cc3ccccc3o2)cs1)C(=O)OC(C)(C)C. The molecule has 0 aliphatic heterocycles. The number of rotatable bonds is 4. The van der Waals surface area contributed by atoms with Crippen LogP contribution in [-0.4, -0.2) is 41.1 Å². The van der Waals surface area contributed by atoms with E-state index >= 15 is 0 Å². The second-order valence-electron chi connectivity index (χ2n) is 7.07. The van der Waals surface area contributed by atoms with Crippen LogP contribution in [0.4, 0.5) is 9.93 Å². The Bertz CT molecular complexity index is 938. The number of hydrogen-bond acceptors (Lipinski definition) is 6. The van der Waals surface area contributed by atoms with Crippen molar-refractivity contribution in [1.82, 2.24) is 9.88 Å². The van der Waals surface area contributed by atoms with E-state index in [0.717, 1.165) is 11.0 Å². The summed E-state index contributed by atoms with van der Waals surface area (Å²) in [5, 5.41) is 5.93. The quantitative estimate of drug-likeness (QED) is 0.719. The van der Waals surface area contributed by atoms with E-state index in [2.05, 4.69) is 10.3 Å². The third kappa shape index (κ3) is 4.85. The van der Waals surface area contributed by atoms with Gasteiger partial charge in [0, 0.05) is 17.8 Å². The summed E-state index contributed by atoms with van der Waals surface area (Å²) in [7, 11) is 1.51. The lowest BCUT2D eigenvalue weighted by molar-refractivity contribution is -0.117. The van der Waals surface area contributed by atoms with Crippen molar-refractivity contribution in [1.29, 1.82) is 0 Å². The molecule has 8 heteroatoms. The molecule has 7 nitrogen and oxygen atoms in total. The number of furan rings is 1. The molecule has 0 aliphatic carbocycles. The zero-order valence-electron chi connectivity index (χ0n) is 15.6. The number of para-hydroxylation sites is 1. The molecule has 0 spiro atoms. The van der Waals surface area contributed by atoms with Crippen molar-refractivity contribution in [3.8, 4) is 11.5 Å². The maximum atomic E-state index is 12.2. The van der Waals surface area contributed by atoms with Gasteiger partial charge in [0.1, 0.15) is 23.4 Å². The molecule has 0 bridgehead atoms. The predicted octanol–water partition coefficient (Wildman–Crippen LogP) is 4.36. The van der Waals surface area contributed by atoms with Gasteiger partial charge in [0.05, 0.1) is 0 Å². The van der Waals surface area contributed by atoms with Gasteiger partial charge >= 0.3 is 6.09 Å². The molecule has 0 aliphatic rings. The number of nitrogens with one attached hydrogen (secondary N) is 1. The fraction of sp³-hybridized carbons (Fsp3) is 0.316. The highest BCUT2D eigenvalue weighted by Gasteiger charge is 2.21. The van der Waals surface area contributed by atoms with E-state index in [9.17, 15) is 9.59 Å². The first-order valence-electron chi connectivity index (χ1n) is 8.40. The number of likely N-dealkylation sites (N-methyl/N-ethyl adjacent to an activating group) is 1. The zero-order chi connectivity index (χ0) is 19.6. The van der Waals surface area contributed by atoms with Crippen LogP contribution in [0.25, 0.3) is 22.4 Å². The predicted molar refractivity (Wildman–Crippen MR) is 105 cm³/mol. The Morgan fingerprint density at radius 2 is 2.04 bits per heavy atom. The highest BCUT2D eigenvalue weighted by Crippen LogP contribution is 2.30. The van der Waals surface area contributed by atoms with E-state index in [1.807, 2.05) is 35.7 Å². The Kier molecular flexibility index (Phi) is 5.18. The van der Waals surface area contributed by atoms with Crippen molar-refractivity contribution in [2.24, 2.45) is 0 Å². The highest BCUT2D eigenvalue weighted by molar-refractivity contribution is 7.14. The molecule has 3 aromatic rings. The van der Waals surface area contributed by atoms with Gasteiger partial charge in [0.25, 0.3) is 0 Å². The summed E-state index contributed by atoms with van der Waals surface area (Å²) < 4.78 is 11.0. The summed E-state index contributed by atoms with van der Waals surface area (Å²) in [5.41, 5.74) is 0.815. The van der Waals surface area contributed by atoms with Gasteiger partial charge in [-0.3, -0.25) is 4.79 Å². The molecule has 0 unspecified atom stereocenters. The molecule has 0 atom stereocenters. The lowest BCUT2D eigenvalue weighted by Crippen LogP contribution is -2.38. The summed E-state index contributed by atoms with van der Waals surface area (Å²) in [6.45, 7) is 5.18. The van der Waals surface area contributed by atoms with Crippen molar-refractivity contribution in [3.63, 3.8) is 0 Å². The Morgan fingerprint density at radius 1 is 1.30 bits per heavy atom. The lowest BCUT2D eigenvalue weighted by Gasteiger charge is -2.24. The van der Waals surface area contributed by atoms with Crippen molar-refractivity contribution >= 4 is 39.4 Å². The molecule has 1 N–H and O–H groups in total. The second kappa shape index (κ2) is 7.40. The van der Waals surface area contributed by atoms with Gasteiger partial charge in [-0.2, -0.15) is 0 Å². The molecule has 142 valence electrons. The molecule has 2 aromatic heterocycles. The van der Waals surface area contributed by atoms with E-state index in [1.54, 1.807) is 20.8 Å². The van der Waals surface area contributed by atoms with Crippen molar-refractivity contribution in [2.45, 2.75) is 26.4 Å². The number of nitrogens with zero attached hydrogens (tertiary/aromatic N) is 2. The summed E-state index contributed by atoms with van der Waals surface area (Å²) in [5.74, 6) is 0.285. The van der Waals surface area contributed by atoms with E-state index in [0.29, 0.717) is 16.6 Å². The van der Waals surface area contributed by atoms with Crippen LogP contribution in [0.1, 0.15) is 20.8 Å². The standard InChI is InChI=1S/C19H21N3O4S/c1-19(2,3)26-18(24)22(4)10-16(23)21-17-20-13(11-27-17)15-9-12-7-5-6-8-14(12)25-15/h5-9,11H,10H2,1-4H3,(H,20,21,23). The molecule has 2 amide bonds. The summed E-state index contributed by atoms with van der Waals surface area (Å²) in [6, 6.07) is 9.61. The number of thiazole rings is 1. The van der Waals surface area contributed by atoms with E-state index < -0.39 is 11.7 Å². The molecular weight excluding hydrogens is 366 g/mol. The smallest absolute Gasteiger partial charge is 0.410 e. The summed E-state index contributed by atoms with van der Waals surface area (Å²) in [6.07, 6.45) is -0.556. The molecule has 2 heterocycles. The normalized spacial score (nSPS) is 11.4. The van der Waals surface area contributed by atoms with Gasteiger partial charge < -0.3 is 19.4 Å². The Balaban J connectivity index is 1.61. The Morgan fingerprint density at radius 3 is 2.74 bits per heavy atom. The Hall–Kier alpha value is -2.87. The van der Waals surface area contributed by atoms with E-state index in [1.165, 1.54) is 23.3 Å². The van der Waals surface area contributed by atoms with E-state index in [-0.39, 0.29) is 12.5 Å². The average Bonchev–Trinajstić information content (AvgIpc) is 3.19. The lowest BCUT2D eigenvalue weighted by atomic mass is 10.2. The van der Waals surface area contributed by atoms with Gasteiger partial charge in [-0.1, -0.05) is 18.2 Å². The first-order chi connectivity index (χ1) is 12.7. The van der Waals surface area contributed by atoms with Crippen LogP contribution < -0.4 is 5.32 Å². The number of ether oxygens (including phenoxy) is 1. The third-order valence-electron chi connectivity index (χ3n) is 3.51. The number of fused-ring (bicyclic) bond motifs is 1. The molecular formula is C19H21N3O4S. The average molecular weight is 387 g/mol. The molecule has 0 saturated heterocycles. The summed E-state index contributed by atoms with van der Waals surface area (Å²) in [4.78, 5) is 29.7. The molecule has 0 fully saturated rings. The first kappa shape index (κ1) is 18.9. The number of hydrogen-bond donors (Lipinski definition) is 1. The number of amides is 2. The topological polar surface area (TPSA) is 84.7 Å². The second-order valence-corrected chi connectivity index (χ2v) is 7.93. The minimum atomic E-state index is -0.612. The minimum Gasteiger partial charge on any atom is -0.454 e. The number of carbonyl (C=O) groups is 2. The van der Waals surface area contributed by atoms with Crippen LogP contribution in [0.5, 0.6) is 0 Å². The van der Waals surface area contributed by atoms with Crippen LogP contribution in [0, 0.1) is 0 Å². The van der Waals surface area contributed by atoms with Gasteiger partial charge in [-0.25, -0.2) is 9.78 Å². The van der Waals surface area contributed by atoms with Crippen LogP contribution in [0.2, 0.25) is 0 Å². The monoisotopic (exact) mass is 387 g/mol. The minimum absolute atomic E-state index is 0.130. The maximum Gasteiger partial charge on any atom is 0.410 e. The first-order valence-corrected chi connectivity index (χ1v) is 9.28. The van der Waals surface area contributed by atoms with Crippen LogP contribution >= 0.6 is 11.3 Å². The van der Waals surface area contributed by atoms with E-state index in [4.69, 9.17) is 9.15 Å². The van der Waals surface area contributed by atoms with Crippen LogP contribution in [-0.2, 0) is 9.53 Å². The number of carbonyl (C=O) groups excluding carboxylic acids is 2. The number of anilines is 1. The van der Waals surface area contributed by atoms with Crippen LogP contribution in [0.3, 0.4) is 0 Å². The third-order valence-corrected chi connectivity index (χ3v) is 4.27. The van der Waals surface area contributed by atoms with Crippen LogP contribution in [0.15, 0.2) is 40.1 Å². The molecule has 27 heavy (non-hydrogen) atoms. The highest BCUT2D eigenvalue weighted by atomic mass is 32.1. The van der Waals surface area contributed by atoms with Gasteiger partial charge in [0.2, 0.25) is 5.91 Å². The number of benzene rings is 1. The number of aromatic nitrogens is 1.